The van der Waals surface area contributed by atoms with Crippen molar-refractivity contribution in [2.75, 3.05) is 18.0 Å². The van der Waals surface area contributed by atoms with Crippen molar-refractivity contribution in [2.45, 2.75) is 30.4 Å². The molecule has 0 N–H and O–H groups in total. The van der Waals surface area contributed by atoms with Gasteiger partial charge in [0.2, 0.25) is 10.0 Å². The Morgan fingerprint density at radius 2 is 1.71 bits per heavy atom. The van der Waals surface area contributed by atoms with Crippen LogP contribution in [0.4, 0.5) is 10.5 Å². The van der Waals surface area contributed by atoms with E-state index in [9.17, 15) is 13.2 Å². The van der Waals surface area contributed by atoms with Crippen LogP contribution in [0.1, 0.15) is 18.4 Å². The number of piperidine rings is 1. The molecule has 0 saturated carbocycles. The number of amides is 1. The van der Waals surface area contributed by atoms with Crippen molar-refractivity contribution in [3.63, 3.8) is 0 Å². The SMILES string of the molecule is O=C1OCc2cc(Cl)ccc2N1C1CCN(S(=O)(=O)c2cccc(Cl)c2)CC1. The highest BCUT2D eigenvalue weighted by molar-refractivity contribution is 7.89. The summed E-state index contributed by atoms with van der Waals surface area (Å²) in [5, 5.41) is 0.960. The molecular weight excluding hydrogens is 423 g/mol. The highest BCUT2D eigenvalue weighted by Gasteiger charge is 2.37. The molecule has 0 unspecified atom stereocenters. The number of carbonyl (C=O) groups excluding carboxylic acids is 1. The van der Waals surface area contributed by atoms with Gasteiger partial charge in [-0.15, -0.1) is 0 Å². The van der Waals surface area contributed by atoms with Crippen LogP contribution in [0.3, 0.4) is 0 Å². The van der Waals surface area contributed by atoms with E-state index < -0.39 is 16.1 Å². The summed E-state index contributed by atoms with van der Waals surface area (Å²) in [5.41, 5.74) is 1.62. The van der Waals surface area contributed by atoms with Crippen LogP contribution in [0.5, 0.6) is 0 Å². The summed E-state index contributed by atoms with van der Waals surface area (Å²) in [7, 11) is -3.62. The van der Waals surface area contributed by atoms with E-state index in [1.54, 1.807) is 29.2 Å². The number of hydrogen-bond donors (Lipinski definition) is 0. The molecular formula is C19H18Cl2N2O4S. The van der Waals surface area contributed by atoms with E-state index >= 15 is 0 Å². The van der Waals surface area contributed by atoms with Gasteiger partial charge in [-0.05, 0) is 49.2 Å². The van der Waals surface area contributed by atoms with Crippen LogP contribution in [0.15, 0.2) is 47.4 Å². The van der Waals surface area contributed by atoms with Crippen molar-refractivity contribution < 1.29 is 17.9 Å². The summed E-state index contributed by atoms with van der Waals surface area (Å²) in [6.45, 7) is 0.811. The van der Waals surface area contributed by atoms with Crippen molar-refractivity contribution in [3.8, 4) is 0 Å². The van der Waals surface area contributed by atoms with Gasteiger partial charge in [-0.3, -0.25) is 4.90 Å². The fourth-order valence-electron chi connectivity index (χ4n) is 3.68. The summed E-state index contributed by atoms with van der Waals surface area (Å²) in [4.78, 5) is 14.2. The molecule has 2 aliphatic heterocycles. The normalized spacial score (nSPS) is 18.6. The van der Waals surface area contributed by atoms with Crippen molar-refractivity contribution in [1.82, 2.24) is 4.31 Å². The first-order chi connectivity index (χ1) is 13.4. The highest BCUT2D eigenvalue weighted by atomic mass is 35.5. The van der Waals surface area contributed by atoms with Crippen LogP contribution in [0, 0.1) is 0 Å². The Balaban J connectivity index is 1.53. The molecule has 0 radical (unpaired) electrons. The number of benzene rings is 2. The monoisotopic (exact) mass is 440 g/mol. The molecule has 2 aromatic rings. The minimum Gasteiger partial charge on any atom is -0.444 e. The molecule has 1 amide bonds. The second-order valence-electron chi connectivity index (χ2n) is 6.79. The van der Waals surface area contributed by atoms with Crippen LogP contribution in [-0.2, 0) is 21.4 Å². The zero-order valence-corrected chi connectivity index (χ0v) is 17.2. The number of anilines is 1. The maximum atomic E-state index is 12.9. The van der Waals surface area contributed by atoms with Gasteiger partial charge in [0.25, 0.3) is 0 Å². The van der Waals surface area contributed by atoms with Crippen LogP contribution in [0.25, 0.3) is 0 Å². The van der Waals surface area contributed by atoms with Crippen LogP contribution < -0.4 is 4.90 Å². The molecule has 2 aliphatic rings. The fraction of sp³-hybridized carbons (Fsp3) is 0.316. The number of sulfonamides is 1. The maximum Gasteiger partial charge on any atom is 0.414 e. The molecule has 9 heteroatoms. The molecule has 0 atom stereocenters. The number of ether oxygens (including phenoxy) is 1. The van der Waals surface area contributed by atoms with Gasteiger partial charge in [-0.25, -0.2) is 13.2 Å². The van der Waals surface area contributed by atoms with Crippen LogP contribution in [0.2, 0.25) is 10.0 Å². The average molecular weight is 441 g/mol. The van der Waals surface area contributed by atoms with Crippen molar-refractivity contribution >= 4 is 45.0 Å². The maximum absolute atomic E-state index is 12.9. The van der Waals surface area contributed by atoms with Gasteiger partial charge in [-0.2, -0.15) is 4.31 Å². The Labute approximate surface area is 173 Å². The Bertz CT molecular complexity index is 1020. The van der Waals surface area contributed by atoms with E-state index in [2.05, 4.69) is 0 Å². The van der Waals surface area contributed by atoms with E-state index in [1.165, 1.54) is 16.4 Å². The molecule has 0 bridgehead atoms. The Kier molecular flexibility index (Phi) is 5.26. The molecule has 28 heavy (non-hydrogen) atoms. The predicted octanol–water partition coefficient (Wildman–Crippen LogP) is 4.30. The van der Waals surface area contributed by atoms with Gasteiger partial charge in [0.15, 0.2) is 0 Å². The van der Waals surface area contributed by atoms with Gasteiger partial charge in [-0.1, -0.05) is 29.3 Å². The summed E-state index contributed by atoms with van der Waals surface area (Å²) >= 11 is 12.0. The van der Waals surface area contributed by atoms with Gasteiger partial charge in [0.1, 0.15) is 6.61 Å². The van der Waals surface area contributed by atoms with Gasteiger partial charge in [0, 0.05) is 34.7 Å². The van der Waals surface area contributed by atoms with E-state index in [-0.39, 0.29) is 17.5 Å². The predicted molar refractivity (Wildman–Crippen MR) is 107 cm³/mol. The smallest absolute Gasteiger partial charge is 0.414 e. The third-order valence-electron chi connectivity index (χ3n) is 5.07. The third kappa shape index (κ3) is 3.59. The van der Waals surface area contributed by atoms with Gasteiger partial charge in [0.05, 0.1) is 10.6 Å². The van der Waals surface area contributed by atoms with Crippen molar-refractivity contribution in [3.05, 3.63) is 58.1 Å². The fourth-order valence-corrected chi connectivity index (χ4v) is 5.64. The van der Waals surface area contributed by atoms with E-state index in [0.717, 1.165) is 11.3 Å². The lowest BCUT2D eigenvalue weighted by atomic mass is 10.0. The van der Waals surface area contributed by atoms with Crippen molar-refractivity contribution in [2.24, 2.45) is 0 Å². The summed E-state index contributed by atoms with van der Waals surface area (Å²) in [6, 6.07) is 11.4. The molecule has 0 spiro atoms. The molecule has 1 saturated heterocycles. The van der Waals surface area contributed by atoms with Crippen LogP contribution >= 0.6 is 23.2 Å². The molecule has 1 fully saturated rings. The average Bonchev–Trinajstić information content (AvgIpc) is 2.68. The number of hydrogen-bond acceptors (Lipinski definition) is 4. The lowest BCUT2D eigenvalue weighted by Gasteiger charge is -2.39. The Morgan fingerprint density at radius 1 is 1.00 bits per heavy atom. The lowest BCUT2D eigenvalue weighted by molar-refractivity contribution is 0.136. The first kappa shape index (κ1) is 19.5. The number of halogens is 2. The van der Waals surface area contributed by atoms with E-state index in [0.29, 0.717) is 36.0 Å². The first-order valence-corrected chi connectivity index (χ1v) is 11.1. The Hall–Kier alpha value is -1.80. The minimum absolute atomic E-state index is 0.140. The van der Waals surface area contributed by atoms with E-state index in [4.69, 9.17) is 27.9 Å². The second kappa shape index (κ2) is 7.55. The zero-order chi connectivity index (χ0) is 19.9. The number of fused-ring (bicyclic) bond motifs is 1. The molecule has 2 aromatic carbocycles. The molecule has 148 valence electrons. The Morgan fingerprint density at radius 3 is 2.43 bits per heavy atom. The van der Waals surface area contributed by atoms with E-state index in [1.807, 2.05) is 6.07 Å². The van der Waals surface area contributed by atoms with Gasteiger partial charge < -0.3 is 4.74 Å². The first-order valence-electron chi connectivity index (χ1n) is 8.86. The molecule has 2 heterocycles. The summed E-state index contributed by atoms with van der Waals surface area (Å²) in [6.07, 6.45) is 0.611. The molecule has 0 aromatic heterocycles. The second-order valence-corrected chi connectivity index (χ2v) is 9.60. The highest BCUT2D eigenvalue weighted by Crippen LogP contribution is 2.34. The third-order valence-corrected chi connectivity index (χ3v) is 7.44. The molecule has 6 nitrogen and oxygen atoms in total. The van der Waals surface area contributed by atoms with Crippen molar-refractivity contribution in [1.29, 1.82) is 0 Å². The number of rotatable bonds is 3. The zero-order valence-electron chi connectivity index (χ0n) is 14.8. The number of nitrogens with zero attached hydrogens (tertiary/aromatic N) is 2. The van der Waals surface area contributed by atoms with Crippen LogP contribution in [-0.4, -0.2) is 37.9 Å². The molecule has 0 aliphatic carbocycles. The molecule has 4 rings (SSSR count). The topological polar surface area (TPSA) is 66.9 Å². The standard InChI is InChI=1S/C19H18Cl2N2O4S/c20-14-2-1-3-17(11-14)28(25,26)22-8-6-16(7-9-22)23-18-5-4-15(21)10-13(18)12-27-19(23)24/h1-5,10-11,16H,6-9,12H2. The minimum atomic E-state index is -3.62. The summed E-state index contributed by atoms with van der Waals surface area (Å²) in [5.74, 6) is 0. The largest absolute Gasteiger partial charge is 0.444 e. The summed E-state index contributed by atoms with van der Waals surface area (Å²) < 4.78 is 32.5. The van der Waals surface area contributed by atoms with Gasteiger partial charge >= 0.3 is 6.09 Å². The number of carbonyl (C=O) groups is 1. The lowest BCUT2D eigenvalue weighted by Crippen LogP contribution is -2.50. The number of cyclic esters (lactones) is 1. The quantitative estimate of drug-likeness (QED) is 0.713.